The Morgan fingerprint density at radius 1 is 0.914 bits per heavy atom. The maximum Gasteiger partial charge on any atom is 0.322 e. The van der Waals surface area contributed by atoms with Gasteiger partial charge in [-0.2, -0.15) is 12.7 Å². The fraction of sp³-hybridized carbons (Fsp3) is 0.920. The topological polar surface area (TPSA) is 156 Å². The zero-order valence-corrected chi connectivity index (χ0v) is 21.9. The van der Waals surface area contributed by atoms with Crippen molar-refractivity contribution < 1.29 is 23.1 Å². The van der Waals surface area contributed by atoms with Crippen molar-refractivity contribution in [2.24, 2.45) is 28.6 Å². The molecule has 35 heavy (non-hydrogen) atoms. The Bertz CT molecular complexity index is 802. The molecular weight excluding hydrogens is 468 g/mol. The molecule has 9 nitrogen and oxygen atoms in total. The second-order valence-corrected chi connectivity index (χ2v) is 12.5. The lowest BCUT2D eigenvalue weighted by molar-refractivity contribution is -0.143. The van der Waals surface area contributed by atoms with Crippen molar-refractivity contribution in [3.8, 4) is 0 Å². The van der Waals surface area contributed by atoms with E-state index in [1.54, 1.807) is 0 Å². The molecule has 10 heteroatoms. The molecular formula is C25H46N4O5S. The minimum absolute atomic E-state index is 0.00134. The van der Waals surface area contributed by atoms with Crippen LogP contribution in [0.15, 0.2) is 0 Å². The Morgan fingerprint density at radius 3 is 2.20 bits per heavy atom. The zero-order valence-electron chi connectivity index (χ0n) is 21.1. The highest BCUT2D eigenvalue weighted by Gasteiger charge is 2.43. The number of nitrogens with two attached hydrogens (primary N) is 2. The third kappa shape index (κ3) is 8.13. The van der Waals surface area contributed by atoms with E-state index >= 15 is 0 Å². The first-order chi connectivity index (χ1) is 16.7. The van der Waals surface area contributed by atoms with Gasteiger partial charge in [-0.25, -0.2) is 5.14 Å². The van der Waals surface area contributed by atoms with Gasteiger partial charge in [-0.3, -0.25) is 9.59 Å². The van der Waals surface area contributed by atoms with Crippen LogP contribution >= 0.6 is 0 Å². The molecule has 0 aliphatic heterocycles. The van der Waals surface area contributed by atoms with Gasteiger partial charge < -0.3 is 16.2 Å². The van der Waals surface area contributed by atoms with Crippen molar-refractivity contribution in [3.63, 3.8) is 0 Å². The number of carbonyl (C=O) groups is 2. The minimum Gasteiger partial charge on any atom is -0.480 e. The van der Waals surface area contributed by atoms with Gasteiger partial charge in [0.05, 0.1) is 0 Å². The highest BCUT2D eigenvalue weighted by molar-refractivity contribution is 7.86. The van der Waals surface area contributed by atoms with Gasteiger partial charge in [-0.15, -0.1) is 0 Å². The predicted molar refractivity (Wildman–Crippen MR) is 135 cm³/mol. The van der Waals surface area contributed by atoms with Gasteiger partial charge in [-0.1, -0.05) is 57.8 Å². The molecule has 3 fully saturated rings. The van der Waals surface area contributed by atoms with Crippen LogP contribution in [-0.4, -0.2) is 54.4 Å². The molecule has 3 saturated carbocycles. The summed E-state index contributed by atoms with van der Waals surface area (Å²) in [5.74, 6) is -0.155. The van der Waals surface area contributed by atoms with Crippen LogP contribution in [0.25, 0.3) is 0 Å². The minimum atomic E-state index is -4.44. The zero-order chi connectivity index (χ0) is 25.4. The number of nitrogens with zero attached hydrogens (tertiary/aromatic N) is 1. The number of carboxylic acids is 1. The van der Waals surface area contributed by atoms with Gasteiger partial charge >= 0.3 is 5.97 Å². The number of unbranched alkanes of at least 4 members (excludes halogenated alkanes) is 1. The van der Waals surface area contributed by atoms with Crippen LogP contribution in [0.3, 0.4) is 0 Å². The number of hydrogen-bond donors (Lipinski definition) is 4. The highest BCUT2D eigenvalue weighted by atomic mass is 32.2. The lowest BCUT2D eigenvalue weighted by atomic mass is 9.69. The Balaban J connectivity index is 1.82. The van der Waals surface area contributed by atoms with Crippen LogP contribution in [-0.2, 0) is 19.8 Å². The van der Waals surface area contributed by atoms with E-state index in [-0.39, 0.29) is 18.4 Å². The van der Waals surface area contributed by atoms with E-state index in [4.69, 9.17) is 10.9 Å². The van der Waals surface area contributed by atoms with E-state index in [9.17, 15) is 23.1 Å². The van der Waals surface area contributed by atoms with E-state index in [1.807, 2.05) is 0 Å². The number of rotatable bonds is 12. The molecule has 5 atom stereocenters. The average molecular weight is 515 g/mol. The Labute approximate surface area is 210 Å². The molecule has 1 amide bonds. The summed E-state index contributed by atoms with van der Waals surface area (Å²) < 4.78 is 26.4. The molecule has 3 aliphatic carbocycles. The molecule has 0 aromatic rings. The molecule has 0 heterocycles. The molecule has 0 aromatic carbocycles. The van der Waals surface area contributed by atoms with Gasteiger partial charge in [0, 0.05) is 6.04 Å². The van der Waals surface area contributed by atoms with Crippen molar-refractivity contribution >= 4 is 22.1 Å². The summed E-state index contributed by atoms with van der Waals surface area (Å²) in [5, 5.41) is 18.7. The first-order valence-electron chi connectivity index (χ1n) is 13.7. The van der Waals surface area contributed by atoms with E-state index in [1.165, 1.54) is 25.7 Å². The van der Waals surface area contributed by atoms with Gasteiger partial charge in [-0.05, 0) is 69.2 Å². The van der Waals surface area contributed by atoms with Gasteiger partial charge in [0.15, 0.2) is 0 Å². The molecule has 0 saturated heterocycles. The lowest BCUT2D eigenvalue weighted by Crippen LogP contribution is -2.59. The number of aliphatic carboxylic acids is 1. The summed E-state index contributed by atoms with van der Waals surface area (Å²) in [5.41, 5.74) is 5.57. The van der Waals surface area contributed by atoms with Crippen molar-refractivity contribution in [1.82, 2.24) is 9.62 Å². The molecule has 3 rings (SSSR count). The Kier molecular flexibility index (Phi) is 10.8. The number of carbonyl (C=O) groups excluding carboxylic acids is 1. The summed E-state index contributed by atoms with van der Waals surface area (Å²) in [6, 6.07) is -2.50. The third-order valence-electron chi connectivity index (χ3n) is 8.60. The molecule has 6 N–H and O–H groups in total. The van der Waals surface area contributed by atoms with Crippen LogP contribution in [0, 0.1) is 17.8 Å². The summed E-state index contributed by atoms with van der Waals surface area (Å²) in [6.45, 7) is 0.386. The fourth-order valence-electron chi connectivity index (χ4n) is 6.78. The highest BCUT2D eigenvalue weighted by Crippen LogP contribution is 2.40. The maximum absolute atomic E-state index is 13.7. The predicted octanol–water partition coefficient (Wildman–Crippen LogP) is 2.89. The summed E-state index contributed by atoms with van der Waals surface area (Å²) in [6.07, 6.45) is 14.3. The van der Waals surface area contributed by atoms with Crippen molar-refractivity contribution in [3.05, 3.63) is 0 Å². The summed E-state index contributed by atoms with van der Waals surface area (Å²) >= 11 is 0. The largest absolute Gasteiger partial charge is 0.480 e. The van der Waals surface area contributed by atoms with Gasteiger partial charge in [0.25, 0.3) is 10.2 Å². The first-order valence-corrected chi connectivity index (χ1v) is 15.3. The van der Waals surface area contributed by atoms with E-state index in [2.05, 4.69) is 5.32 Å². The monoisotopic (exact) mass is 514 g/mol. The van der Waals surface area contributed by atoms with Crippen LogP contribution in [0.5, 0.6) is 0 Å². The smallest absolute Gasteiger partial charge is 0.322 e. The van der Waals surface area contributed by atoms with E-state index in [0.717, 1.165) is 61.6 Å². The Morgan fingerprint density at radius 2 is 1.57 bits per heavy atom. The second kappa shape index (κ2) is 13.4. The normalized spacial score (nSPS) is 27.7. The average Bonchev–Trinajstić information content (AvgIpc) is 2.82. The molecule has 0 spiro atoms. The first kappa shape index (κ1) is 28.3. The molecule has 0 aromatic heterocycles. The molecule has 0 bridgehead atoms. The number of carboxylic acid groups (broad SMARTS) is 1. The molecule has 202 valence electrons. The standard InChI is InChI=1S/C25H46N4O5S/c26-15-7-6-12-22(25(31)32)29(35(27,33)34)23(16-18-8-2-1-3-9-18)24(30)28-21-14-13-19-10-4-5-11-20(19)17-21/h18-23H,1-17,26H2,(H,28,30)(H,31,32)(H2,27,33,34)/t19?,20?,21?,22-,23-/m0/s1. The molecule has 3 unspecified atom stereocenters. The van der Waals surface area contributed by atoms with E-state index in [0.29, 0.717) is 31.7 Å². The van der Waals surface area contributed by atoms with Crippen molar-refractivity contribution in [2.75, 3.05) is 6.54 Å². The number of fused-ring (bicyclic) bond motifs is 1. The van der Waals surface area contributed by atoms with Crippen molar-refractivity contribution in [1.29, 1.82) is 0 Å². The van der Waals surface area contributed by atoms with Gasteiger partial charge in [0.1, 0.15) is 12.1 Å². The van der Waals surface area contributed by atoms with Crippen LogP contribution in [0.1, 0.15) is 103 Å². The molecule has 0 radical (unpaired) electrons. The summed E-state index contributed by atoms with van der Waals surface area (Å²) in [4.78, 5) is 25.9. The van der Waals surface area contributed by atoms with Crippen LogP contribution < -0.4 is 16.2 Å². The number of amides is 1. The maximum atomic E-state index is 13.7. The SMILES string of the molecule is NCCCC[C@@H](C(=O)O)N([C@@H](CC1CCCCC1)C(=O)NC1CCC2CCCCC2C1)S(N)(=O)=O. The lowest BCUT2D eigenvalue weighted by Gasteiger charge is -2.41. The van der Waals surface area contributed by atoms with E-state index < -0.39 is 34.2 Å². The Hall–Kier alpha value is -1.23. The van der Waals surface area contributed by atoms with Gasteiger partial charge in [0.2, 0.25) is 5.91 Å². The summed E-state index contributed by atoms with van der Waals surface area (Å²) in [7, 11) is -4.44. The second-order valence-electron chi connectivity index (χ2n) is 11.1. The molecule has 3 aliphatic rings. The quantitative estimate of drug-likeness (QED) is 0.293. The van der Waals surface area contributed by atoms with Crippen molar-refractivity contribution in [2.45, 2.75) is 121 Å². The third-order valence-corrected chi connectivity index (χ3v) is 9.69. The van der Waals surface area contributed by atoms with Crippen LogP contribution in [0.2, 0.25) is 0 Å². The van der Waals surface area contributed by atoms with Crippen LogP contribution in [0.4, 0.5) is 0 Å². The fourth-order valence-corrected chi connectivity index (χ4v) is 7.87. The number of nitrogens with one attached hydrogen (secondary N) is 1. The number of hydrogen-bond acceptors (Lipinski definition) is 5.